The molecule has 1 heteroatoms. The van der Waals surface area contributed by atoms with Crippen LogP contribution in [0.2, 0.25) is 0 Å². The Bertz CT molecular complexity index is 335. The Balaban J connectivity index is 1.92. The van der Waals surface area contributed by atoms with E-state index in [1.54, 1.807) is 0 Å². The molecule has 1 aliphatic rings. The molecule has 0 saturated heterocycles. The average Bonchev–Trinajstić information content (AvgIpc) is 2.18. The van der Waals surface area contributed by atoms with Crippen molar-refractivity contribution in [2.45, 2.75) is 32.6 Å². The van der Waals surface area contributed by atoms with Crippen molar-refractivity contribution in [3.8, 4) is 0 Å². The first-order chi connectivity index (χ1) is 7.40. The molecule has 0 radical (unpaired) electrons. The maximum atomic E-state index is 3.43. The van der Waals surface area contributed by atoms with Crippen LogP contribution in [0.1, 0.15) is 38.2 Å². The van der Waals surface area contributed by atoms with Gasteiger partial charge in [-0.3, -0.25) is 0 Å². The SMILES string of the molecule is CCCCNc1ccc(C2=CCC2)cc1. The number of allylic oxidation sites excluding steroid dienone is 2. The van der Waals surface area contributed by atoms with Gasteiger partial charge in [-0.1, -0.05) is 31.6 Å². The number of unbranched alkanes of at least 4 members (excludes halogenated alkanes) is 1. The van der Waals surface area contributed by atoms with Crippen LogP contribution in [0.3, 0.4) is 0 Å². The number of nitrogens with one attached hydrogen (secondary N) is 1. The van der Waals surface area contributed by atoms with Gasteiger partial charge in [0.15, 0.2) is 0 Å². The summed E-state index contributed by atoms with van der Waals surface area (Å²) in [6, 6.07) is 8.81. The minimum atomic E-state index is 1.08. The van der Waals surface area contributed by atoms with Gasteiger partial charge in [-0.25, -0.2) is 0 Å². The molecule has 1 aliphatic carbocycles. The van der Waals surface area contributed by atoms with Gasteiger partial charge in [-0.2, -0.15) is 0 Å². The first kappa shape index (κ1) is 10.3. The quantitative estimate of drug-likeness (QED) is 0.708. The third kappa shape index (κ3) is 2.62. The van der Waals surface area contributed by atoms with Crippen LogP contribution in [0.4, 0.5) is 5.69 Å². The predicted octanol–water partition coefficient (Wildman–Crippen LogP) is 4.08. The normalized spacial score (nSPS) is 14.3. The molecule has 1 aromatic carbocycles. The van der Waals surface area contributed by atoms with Gasteiger partial charge in [-0.05, 0) is 42.5 Å². The molecule has 0 unspecified atom stereocenters. The number of anilines is 1. The van der Waals surface area contributed by atoms with Crippen molar-refractivity contribution < 1.29 is 0 Å². The van der Waals surface area contributed by atoms with Crippen molar-refractivity contribution in [2.24, 2.45) is 0 Å². The molecule has 1 nitrogen and oxygen atoms in total. The summed E-state index contributed by atoms with van der Waals surface area (Å²) in [5.74, 6) is 0. The molecule has 80 valence electrons. The number of rotatable bonds is 5. The van der Waals surface area contributed by atoms with E-state index in [4.69, 9.17) is 0 Å². The molecule has 1 N–H and O–H groups in total. The highest BCUT2D eigenvalue weighted by Gasteiger charge is 2.07. The van der Waals surface area contributed by atoms with E-state index in [0.717, 1.165) is 6.54 Å². The van der Waals surface area contributed by atoms with Gasteiger partial charge >= 0.3 is 0 Å². The molecule has 1 aromatic rings. The van der Waals surface area contributed by atoms with Gasteiger partial charge in [-0.15, -0.1) is 0 Å². The zero-order valence-electron chi connectivity index (χ0n) is 9.42. The minimum Gasteiger partial charge on any atom is -0.385 e. The molecule has 15 heavy (non-hydrogen) atoms. The molecule has 0 saturated carbocycles. The smallest absolute Gasteiger partial charge is 0.0340 e. The molecular formula is C14H19N. The zero-order chi connectivity index (χ0) is 10.5. The van der Waals surface area contributed by atoms with Crippen molar-refractivity contribution in [1.29, 1.82) is 0 Å². The Labute approximate surface area is 92.2 Å². The van der Waals surface area contributed by atoms with E-state index in [9.17, 15) is 0 Å². The van der Waals surface area contributed by atoms with E-state index in [1.165, 1.54) is 42.5 Å². The van der Waals surface area contributed by atoms with Crippen LogP contribution in [0.25, 0.3) is 5.57 Å². The third-order valence-electron chi connectivity index (χ3n) is 2.92. The minimum absolute atomic E-state index is 1.08. The highest BCUT2D eigenvalue weighted by Crippen LogP contribution is 2.29. The fourth-order valence-electron chi connectivity index (χ4n) is 1.76. The number of benzene rings is 1. The van der Waals surface area contributed by atoms with Crippen LogP contribution in [-0.2, 0) is 0 Å². The zero-order valence-corrected chi connectivity index (χ0v) is 9.42. The molecule has 0 bridgehead atoms. The topological polar surface area (TPSA) is 12.0 Å². The van der Waals surface area contributed by atoms with E-state index in [1.807, 2.05) is 0 Å². The average molecular weight is 201 g/mol. The van der Waals surface area contributed by atoms with Gasteiger partial charge in [0.1, 0.15) is 0 Å². The molecule has 0 aromatic heterocycles. The molecule has 0 aliphatic heterocycles. The summed E-state index contributed by atoms with van der Waals surface area (Å²) < 4.78 is 0. The highest BCUT2D eigenvalue weighted by molar-refractivity contribution is 5.71. The second kappa shape index (κ2) is 5.01. The van der Waals surface area contributed by atoms with Gasteiger partial charge in [0, 0.05) is 12.2 Å². The van der Waals surface area contributed by atoms with E-state index >= 15 is 0 Å². The monoisotopic (exact) mass is 201 g/mol. The second-order valence-corrected chi connectivity index (χ2v) is 4.13. The summed E-state index contributed by atoms with van der Waals surface area (Å²) in [6.07, 6.45) is 7.32. The van der Waals surface area contributed by atoms with Crippen LogP contribution >= 0.6 is 0 Å². The van der Waals surface area contributed by atoms with Crippen molar-refractivity contribution in [1.82, 2.24) is 0 Å². The standard InChI is InChI=1S/C14H19N/c1-2-3-11-15-14-9-7-13(8-10-14)12-5-4-6-12/h5,7-10,15H,2-4,6,11H2,1H3. The summed E-state index contributed by atoms with van der Waals surface area (Å²) in [7, 11) is 0. The molecule has 0 heterocycles. The molecule has 0 spiro atoms. The summed E-state index contributed by atoms with van der Waals surface area (Å²) in [4.78, 5) is 0. The van der Waals surface area contributed by atoms with E-state index in [2.05, 4.69) is 42.6 Å². The maximum Gasteiger partial charge on any atom is 0.0340 e. The van der Waals surface area contributed by atoms with E-state index < -0.39 is 0 Å². The van der Waals surface area contributed by atoms with Crippen LogP contribution in [0.5, 0.6) is 0 Å². The summed E-state index contributed by atoms with van der Waals surface area (Å²) in [5.41, 5.74) is 4.14. The van der Waals surface area contributed by atoms with Crippen LogP contribution in [-0.4, -0.2) is 6.54 Å². The van der Waals surface area contributed by atoms with Crippen molar-refractivity contribution in [3.05, 3.63) is 35.9 Å². The molecule has 2 rings (SSSR count). The number of hydrogen-bond acceptors (Lipinski definition) is 1. The first-order valence-electron chi connectivity index (χ1n) is 5.93. The summed E-state index contributed by atoms with van der Waals surface area (Å²) in [5, 5.41) is 3.43. The molecule has 0 atom stereocenters. The molecular weight excluding hydrogens is 182 g/mol. The van der Waals surface area contributed by atoms with Gasteiger partial charge < -0.3 is 5.32 Å². The van der Waals surface area contributed by atoms with E-state index in [-0.39, 0.29) is 0 Å². The Hall–Kier alpha value is -1.24. The van der Waals surface area contributed by atoms with Crippen LogP contribution in [0.15, 0.2) is 30.3 Å². The van der Waals surface area contributed by atoms with Gasteiger partial charge in [0.05, 0.1) is 0 Å². The van der Waals surface area contributed by atoms with Crippen molar-refractivity contribution in [2.75, 3.05) is 11.9 Å². The van der Waals surface area contributed by atoms with Crippen LogP contribution < -0.4 is 5.32 Å². The van der Waals surface area contributed by atoms with Crippen molar-refractivity contribution >= 4 is 11.3 Å². The lowest BCUT2D eigenvalue weighted by atomic mass is 9.92. The molecule has 0 fully saturated rings. The number of hydrogen-bond donors (Lipinski definition) is 1. The second-order valence-electron chi connectivity index (χ2n) is 4.13. The Morgan fingerprint density at radius 1 is 1.20 bits per heavy atom. The maximum absolute atomic E-state index is 3.43. The van der Waals surface area contributed by atoms with Crippen molar-refractivity contribution in [3.63, 3.8) is 0 Å². The lowest BCUT2D eigenvalue weighted by Gasteiger charge is -2.15. The van der Waals surface area contributed by atoms with Crippen LogP contribution in [0, 0.1) is 0 Å². The fraction of sp³-hybridized carbons (Fsp3) is 0.429. The van der Waals surface area contributed by atoms with Gasteiger partial charge in [0.2, 0.25) is 0 Å². The summed E-state index contributed by atoms with van der Waals surface area (Å²) in [6.45, 7) is 3.30. The van der Waals surface area contributed by atoms with Gasteiger partial charge in [0.25, 0.3) is 0 Å². The fourth-order valence-corrected chi connectivity index (χ4v) is 1.76. The van der Waals surface area contributed by atoms with E-state index in [0.29, 0.717) is 0 Å². The Morgan fingerprint density at radius 2 is 1.93 bits per heavy atom. The lowest BCUT2D eigenvalue weighted by Crippen LogP contribution is -2.01. The lowest BCUT2D eigenvalue weighted by molar-refractivity contribution is 0.834. The molecule has 0 amide bonds. The summed E-state index contributed by atoms with van der Waals surface area (Å²) >= 11 is 0. The largest absolute Gasteiger partial charge is 0.385 e. The third-order valence-corrected chi connectivity index (χ3v) is 2.92. The Morgan fingerprint density at radius 3 is 2.47 bits per heavy atom. The Kier molecular flexibility index (Phi) is 3.44. The predicted molar refractivity (Wildman–Crippen MR) is 67.1 cm³/mol. The highest BCUT2D eigenvalue weighted by atomic mass is 14.9. The first-order valence-corrected chi connectivity index (χ1v) is 5.93.